The molecule has 6 nitrogen and oxygen atoms in total. The van der Waals surface area contributed by atoms with E-state index in [1.165, 1.54) is 23.5 Å². The summed E-state index contributed by atoms with van der Waals surface area (Å²) in [6.45, 7) is 0.471. The molecule has 4 rings (SSSR count). The minimum Gasteiger partial charge on any atom is -0.495 e. The van der Waals surface area contributed by atoms with E-state index in [-0.39, 0.29) is 29.7 Å². The maximum atomic E-state index is 13.1. The first kappa shape index (κ1) is 18.3. The average Bonchev–Trinajstić information content (AvgIpc) is 2.94. The largest absolute Gasteiger partial charge is 0.495 e. The van der Waals surface area contributed by atoms with E-state index in [1.54, 1.807) is 18.2 Å². The number of esters is 1. The van der Waals surface area contributed by atoms with Crippen LogP contribution in [0.5, 0.6) is 5.75 Å². The number of rotatable bonds is 3. The second-order valence-corrected chi connectivity index (χ2v) is 8.97. The number of carbonyl (C=O) groups is 1. The molecular formula is C19H18ClNO5S. The van der Waals surface area contributed by atoms with E-state index in [4.69, 9.17) is 21.1 Å². The standard InChI is InChI=1S/C19H18ClNO5S/c1-25-16-7-6-13(20)12-17(16)27(23,24)21-10-8-19(9-11-21)15-5-3-2-4-14(15)18(22)26-19/h2-7,12H,8-11H2,1H3. The Morgan fingerprint density at radius 2 is 1.85 bits per heavy atom. The molecule has 0 N–H and O–H groups in total. The normalized spacial score (nSPS) is 19.0. The van der Waals surface area contributed by atoms with Crippen molar-refractivity contribution in [3.63, 3.8) is 0 Å². The number of hydrogen-bond donors (Lipinski definition) is 0. The highest BCUT2D eigenvalue weighted by Gasteiger charge is 2.48. The Morgan fingerprint density at radius 1 is 1.15 bits per heavy atom. The van der Waals surface area contributed by atoms with Gasteiger partial charge in [0.1, 0.15) is 16.2 Å². The first-order valence-electron chi connectivity index (χ1n) is 8.54. The molecule has 27 heavy (non-hydrogen) atoms. The molecule has 2 aliphatic heterocycles. The lowest BCUT2D eigenvalue weighted by atomic mass is 9.84. The molecule has 0 bridgehead atoms. The van der Waals surface area contributed by atoms with Crippen molar-refractivity contribution in [2.75, 3.05) is 20.2 Å². The van der Waals surface area contributed by atoms with Crippen LogP contribution in [-0.2, 0) is 20.4 Å². The van der Waals surface area contributed by atoms with Crippen molar-refractivity contribution in [3.05, 3.63) is 58.6 Å². The van der Waals surface area contributed by atoms with E-state index >= 15 is 0 Å². The van der Waals surface area contributed by atoms with Gasteiger partial charge < -0.3 is 9.47 Å². The molecule has 0 amide bonds. The van der Waals surface area contributed by atoms with Crippen molar-refractivity contribution < 1.29 is 22.7 Å². The number of halogens is 1. The zero-order valence-corrected chi connectivity index (χ0v) is 16.2. The number of nitrogens with zero attached hydrogens (tertiary/aromatic N) is 1. The predicted octanol–water partition coefficient (Wildman–Crippen LogP) is 3.20. The van der Waals surface area contributed by atoms with Gasteiger partial charge in [-0.15, -0.1) is 0 Å². The molecule has 1 spiro atoms. The fourth-order valence-corrected chi connectivity index (χ4v) is 5.66. The van der Waals surface area contributed by atoms with Crippen LogP contribution in [0.15, 0.2) is 47.4 Å². The monoisotopic (exact) mass is 407 g/mol. The smallest absolute Gasteiger partial charge is 0.339 e. The van der Waals surface area contributed by atoms with Crippen LogP contribution < -0.4 is 4.74 Å². The van der Waals surface area contributed by atoms with E-state index in [0.717, 1.165) is 5.56 Å². The fraction of sp³-hybridized carbons (Fsp3) is 0.316. The maximum absolute atomic E-state index is 13.1. The summed E-state index contributed by atoms with van der Waals surface area (Å²) in [7, 11) is -2.36. The van der Waals surface area contributed by atoms with Crippen molar-refractivity contribution in [2.45, 2.75) is 23.3 Å². The number of piperidine rings is 1. The summed E-state index contributed by atoms with van der Waals surface area (Å²) in [5.41, 5.74) is 0.649. The SMILES string of the molecule is COc1ccc(Cl)cc1S(=O)(=O)N1CCC2(CC1)OC(=O)c1ccccc12. The molecular weight excluding hydrogens is 390 g/mol. The van der Waals surface area contributed by atoms with Crippen molar-refractivity contribution in [1.29, 1.82) is 0 Å². The lowest BCUT2D eigenvalue weighted by Gasteiger charge is -2.38. The maximum Gasteiger partial charge on any atom is 0.339 e. The fourth-order valence-electron chi connectivity index (χ4n) is 3.80. The van der Waals surface area contributed by atoms with Gasteiger partial charge in [-0.05, 0) is 24.3 Å². The Bertz CT molecular complexity index is 1010. The van der Waals surface area contributed by atoms with Crippen LogP contribution in [0, 0.1) is 0 Å². The van der Waals surface area contributed by atoms with E-state index in [2.05, 4.69) is 0 Å². The Balaban J connectivity index is 1.62. The first-order valence-corrected chi connectivity index (χ1v) is 10.4. The Kier molecular flexibility index (Phi) is 4.41. The topological polar surface area (TPSA) is 72.9 Å². The minimum absolute atomic E-state index is 0.0391. The molecule has 0 radical (unpaired) electrons. The molecule has 2 heterocycles. The quantitative estimate of drug-likeness (QED) is 0.730. The van der Waals surface area contributed by atoms with Crippen LogP contribution in [-0.4, -0.2) is 38.9 Å². The zero-order chi connectivity index (χ0) is 19.2. The van der Waals surface area contributed by atoms with E-state index in [9.17, 15) is 13.2 Å². The van der Waals surface area contributed by atoms with Gasteiger partial charge in [-0.2, -0.15) is 4.31 Å². The van der Waals surface area contributed by atoms with Crippen LogP contribution in [0.3, 0.4) is 0 Å². The Labute approximate surface area is 162 Å². The second kappa shape index (κ2) is 6.51. The van der Waals surface area contributed by atoms with Crippen molar-refractivity contribution in [1.82, 2.24) is 4.31 Å². The van der Waals surface area contributed by atoms with Crippen LogP contribution in [0.25, 0.3) is 0 Å². The first-order chi connectivity index (χ1) is 12.9. The summed E-state index contributed by atoms with van der Waals surface area (Å²) < 4.78 is 38.5. The van der Waals surface area contributed by atoms with E-state index in [1.807, 2.05) is 12.1 Å². The summed E-state index contributed by atoms with van der Waals surface area (Å²) in [6.07, 6.45) is 0.801. The third kappa shape index (κ3) is 2.90. The van der Waals surface area contributed by atoms with Crippen LogP contribution in [0.1, 0.15) is 28.8 Å². The molecule has 2 aromatic rings. The molecule has 0 aliphatic carbocycles. The summed E-state index contributed by atoms with van der Waals surface area (Å²) in [6, 6.07) is 11.8. The molecule has 1 fully saturated rings. The molecule has 2 aromatic carbocycles. The number of methoxy groups -OCH3 is 1. The lowest BCUT2D eigenvalue weighted by molar-refractivity contribution is -0.0329. The minimum atomic E-state index is -3.78. The average molecular weight is 408 g/mol. The van der Waals surface area contributed by atoms with Crippen molar-refractivity contribution in [3.8, 4) is 5.75 Å². The molecule has 0 atom stereocenters. The van der Waals surface area contributed by atoms with E-state index < -0.39 is 15.6 Å². The van der Waals surface area contributed by atoms with Gasteiger partial charge in [-0.25, -0.2) is 13.2 Å². The van der Waals surface area contributed by atoms with Gasteiger partial charge in [-0.3, -0.25) is 0 Å². The third-order valence-corrected chi connectivity index (χ3v) is 7.35. The van der Waals surface area contributed by atoms with Crippen LogP contribution in [0.4, 0.5) is 0 Å². The number of benzene rings is 2. The molecule has 142 valence electrons. The lowest BCUT2D eigenvalue weighted by Crippen LogP contribution is -2.45. The van der Waals surface area contributed by atoms with Gasteiger partial charge in [0.05, 0.1) is 12.7 Å². The van der Waals surface area contributed by atoms with Crippen molar-refractivity contribution >= 4 is 27.6 Å². The highest BCUT2D eigenvalue weighted by atomic mass is 35.5. The second-order valence-electron chi connectivity index (χ2n) is 6.63. The van der Waals surface area contributed by atoms with Gasteiger partial charge in [0.15, 0.2) is 0 Å². The molecule has 8 heteroatoms. The Hall–Kier alpha value is -2.09. The molecule has 0 unspecified atom stereocenters. The predicted molar refractivity (Wildman–Crippen MR) is 99.5 cm³/mol. The van der Waals surface area contributed by atoms with Gasteiger partial charge >= 0.3 is 5.97 Å². The number of ether oxygens (including phenoxy) is 2. The van der Waals surface area contributed by atoms with Gasteiger partial charge in [0.25, 0.3) is 0 Å². The molecule has 2 aliphatic rings. The van der Waals surface area contributed by atoms with Gasteiger partial charge in [0.2, 0.25) is 10.0 Å². The van der Waals surface area contributed by atoms with Gasteiger partial charge in [0, 0.05) is 36.5 Å². The number of hydrogen-bond acceptors (Lipinski definition) is 5. The summed E-state index contributed by atoms with van der Waals surface area (Å²) >= 11 is 5.99. The molecule has 0 aromatic heterocycles. The Morgan fingerprint density at radius 3 is 2.56 bits per heavy atom. The summed E-state index contributed by atoms with van der Waals surface area (Å²) in [5, 5.41) is 0.321. The highest BCUT2D eigenvalue weighted by Crippen LogP contribution is 2.45. The van der Waals surface area contributed by atoms with Crippen LogP contribution >= 0.6 is 11.6 Å². The summed E-state index contributed by atoms with van der Waals surface area (Å²) in [4.78, 5) is 12.2. The number of carbonyl (C=O) groups excluding carboxylic acids is 1. The van der Waals surface area contributed by atoms with E-state index in [0.29, 0.717) is 23.4 Å². The number of sulfonamides is 1. The zero-order valence-electron chi connectivity index (χ0n) is 14.6. The highest BCUT2D eigenvalue weighted by molar-refractivity contribution is 7.89. The summed E-state index contributed by atoms with van der Waals surface area (Å²) in [5.74, 6) is -0.101. The molecule has 0 saturated carbocycles. The van der Waals surface area contributed by atoms with Crippen molar-refractivity contribution in [2.24, 2.45) is 0 Å². The third-order valence-electron chi connectivity index (χ3n) is 5.20. The van der Waals surface area contributed by atoms with Crippen LogP contribution in [0.2, 0.25) is 5.02 Å². The number of fused-ring (bicyclic) bond motifs is 2. The van der Waals surface area contributed by atoms with Gasteiger partial charge in [-0.1, -0.05) is 29.8 Å². The molecule has 1 saturated heterocycles.